The Morgan fingerprint density at radius 3 is 2.74 bits per heavy atom. The van der Waals surface area contributed by atoms with Crippen molar-refractivity contribution in [3.63, 3.8) is 0 Å². The lowest BCUT2D eigenvalue weighted by Crippen LogP contribution is -2.05. The van der Waals surface area contributed by atoms with Gasteiger partial charge in [-0.2, -0.15) is 0 Å². The molecule has 1 aliphatic rings. The van der Waals surface area contributed by atoms with E-state index in [4.69, 9.17) is 24.9 Å². The molecule has 0 spiro atoms. The lowest BCUT2D eigenvalue weighted by Gasteiger charge is -2.15. The molecule has 2 rings (SSSR count). The van der Waals surface area contributed by atoms with Crippen molar-refractivity contribution in [2.45, 2.75) is 12.2 Å². The molecule has 0 aromatic heterocycles. The predicted octanol–water partition coefficient (Wildman–Crippen LogP) is 2.06. The Bertz CT molecular complexity index is 587. The van der Waals surface area contributed by atoms with Gasteiger partial charge < -0.3 is 14.2 Å². The topological polar surface area (TPSA) is 61.8 Å². The van der Waals surface area contributed by atoms with Crippen LogP contribution in [0.2, 0.25) is 0 Å². The van der Waals surface area contributed by atoms with Gasteiger partial charge in [-0.05, 0) is 0 Å². The van der Waals surface area contributed by atoms with Gasteiger partial charge in [0.1, 0.15) is 0 Å². The highest BCUT2D eigenvalue weighted by molar-refractivity contribution is 8.13. The Morgan fingerprint density at radius 1 is 1.42 bits per heavy atom. The fraction of sp³-hybridized carbons (Fsp3) is 0.455. The summed E-state index contributed by atoms with van der Waals surface area (Å²) in [6.45, 7) is 0.711. The fourth-order valence-electron chi connectivity index (χ4n) is 1.85. The van der Waals surface area contributed by atoms with Crippen LogP contribution >= 0.6 is 10.7 Å². The van der Waals surface area contributed by atoms with Gasteiger partial charge in [-0.25, -0.2) is 12.8 Å². The Morgan fingerprint density at radius 2 is 2.11 bits per heavy atom. The van der Waals surface area contributed by atoms with Crippen molar-refractivity contribution in [3.05, 3.63) is 17.4 Å². The van der Waals surface area contributed by atoms with Gasteiger partial charge in [-0.15, -0.1) is 0 Å². The minimum absolute atomic E-state index is 0.0365. The standard InChI is InChI=1S/C11H12ClFO5S/c1-16-10-7(6-19(12,14)15)11-9(5-8(10)13)17-3-2-4-18-11/h5H,2-4,6H2,1H3. The highest BCUT2D eigenvalue weighted by Crippen LogP contribution is 2.42. The molecule has 0 saturated heterocycles. The van der Waals surface area contributed by atoms with E-state index in [1.807, 2.05) is 0 Å². The molecule has 0 N–H and O–H groups in total. The fourth-order valence-corrected chi connectivity index (χ4v) is 2.78. The lowest BCUT2D eigenvalue weighted by atomic mass is 10.1. The van der Waals surface area contributed by atoms with E-state index in [9.17, 15) is 12.8 Å². The van der Waals surface area contributed by atoms with Gasteiger partial charge in [0.15, 0.2) is 23.1 Å². The first-order valence-corrected chi connectivity index (χ1v) is 7.97. The van der Waals surface area contributed by atoms with E-state index in [-0.39, 0.29) is 22.8 Å². The number of hydrogen-bond acceptors (Lipinski definition) is 5. The van der Waals surface area contributed by atoms with Gasteiger partial charge >= 0.3 is 0 Å². The predicted molar refractivity (Wildman–Crippen MR) is 67.0 cm³/mol. The van der Waals surface area contributed by atoms with Gasteiger partial charge in [-0.1, -0.05) is 0 Å². The zero-order valence-corrected chi connectivity index (χ0v) is 11.7. The van der Waals surface area contributed by atoms with Crippen LogP contribution in [-0.4, -0.2) is 28.7 Å². The summed E-state index contributed by atoms with van der Waals surface area (Å²) in [5.41, 5.74) is 0.0365. The number of rotatable bonds is 3. The Balaban J connectivity index is 2.61. The second-order valence-corrected chi connectivity index (χ2v) is 6.71. The number of ether oxygens (including phenoxy) is 3. The van der Waals surface area contributed by atoms with Gasteiger partial charge in [0.2, 0.25) is 9.05 Å². The summed E-state index contributed by atoms with van der Waals surface area (Å²) in [6, 6.07) is 1.11. The number of benzene rings is 1. The maximum absolute atomic E-state index is 13.8. The molecule has 0 aliphatic carbocycles. The number of hydrogen-bond donors (Lipinski definition) is 0. The van der Waals surface area contributed by atoms with Crippen LogP contribution in [0.4, 0.5) is 4.39 Å². The highest BCUT2D eigenvalue weighted by Gasteiger charge is 2.26. The Hall–Kier alpha value is -1.21. The molecule has 1 aromatic carbocycles. The molecular formula is C11H12ClFO5S. The number of halogens is 2. The molecule has 1 heterocycles. The van der Waals surface area contributed by atoms with Crippen LogP contribution in [0.3, 0.4) is 0 Å². The third kappa shape index (κ3) is 3.22. The molecule has 19 heavy (non-hydrogen) atoms. The Kier molecular flexibility index (Phi) is 4.05. The van der Waals surface area contributed by atoms with E-state index in [0.717, 1.165) is 6.07 Å². The normalized spacial score (nSPS) is 14.9. The maximum atomic E-state index is 13.8. The smallest absolute Gasteiger partial charge is 0.237 e. The first-order valence-electron chi connectivity index (χ1n) is 5.49. The maximum Gasteiger partial charge on any atom is 0.237 e. The van der Waals surface area contributed by atoms with E-state index in [0.29, 0.717) is 19.6 Å². The first kappa shape index (κ1) is 14.2. The Labute approximate surface area is 114 Å². The number of methoxy groups -OCH3 is 1. The first-order chi connectivity index (χ1) is 8.92. The molecule has 0 bridgehead atoms. The van der Waals surface area contributed by atoms with Gasteiger partial charge in [0.05, 0.1) is 31.6 Å². The summed E-state index contributed by atoms with van der Waals surface area (Å²) in [4.78, 5) is 0. The average molecular weight is 311 g/mol. The third-order valence-corrected chi connectivity index (χ3v) is 3.52. The third-order valence-electron chi connectivity index (χ3n) is 2.56. The quantitative estimate of drug-likeness (QED) is 0.800. The van der Waals surface area contributed by atoms with E-state index < -0.39 is 20.6 Å². The summed E-state index contributed by atoms with van der Waals surface area (Å²) in [6.07, 6.45) is 0.617. The van der Waals surface area contributed by atoms with Crippen LogP contribution in [0.1, 0.15) is 12.0 Å². The van der Waals surface area contributed by atoms with Crippen molar-refractivity contribution in [2.75, 3.05) is 20.3 Å². The zero-order valence-electron chi connectivity index (χ0n) is 10.1. The summed E-state index contributed by atoms with van der Waals surface area (Å²) >= 11 is 0. The molecule has 0 amide bonds. The molecule has 106 valence electrons. The molecule has 5 nitrogen and oxygen atoms in total. The second-order valence-electron chi connectivity index (χ2n) is 3.93. The van der Waals surface area contributed by atoms with Crippen LogP contribution < -0.4 is 14.2 Å². The van der Waals surface area contributed by atoms with E-state index >= 15 is 0 Å². The molecule has 0 atom stereocenters. The van der Waals surface area contributed by atoms with Crippen molar-refractivity contribution in [2.24, 2.45) is 0 Å². The van der Waals surface area contributed by atoms with E-state index in [2.05, 4.69) is 0 Å². The molecule has 0 fully saturated rings. The molecule has 1 aromatic rings. The van der Waals surface area contributed by atoms with Crippen LogP contribution in [0.25, 0.3) is 0 Å². The minimum atomic E-state index is -3.88. The van der Waals surface area contributed by atoms with Crippen LogP contribution in [0.15, 0.2) is 6.07 Å². The van der Waals surface area contributed by atoms with E-state index in [1.165, 1.54) is 7.11 Å². The average Bonchev–Trinajstić information content (AvgIpc) is 2.52. The van der Waals surface area contributed by atoms with Crippen molar-refractivity contribution in [1.82, 2.24) is 0 Å². The SMILES string of the molecule is COc1c(F)cc2c(c1CS(=O)(=O)Cl)OCCCO2. The monoisotopic (exact) mass is 310 g/mol. The second kappa shape index (κ2) is 5.42. The summed E-state index contributed by atoms with van der Waals surface area (Å²) in [5.74, 6) is -1.19. The molecule has 8 heteroatoms. The molecule has 0 unspecified atom stereocenters. The van der Waals surface area contributed by atoms with E-state index in [1.54, 1.807) is 0 Å². The molecular weight excluding hydrogens is 299 g/mol. The number of fused-ring (bicyclic) bond motifs is 1. The summed E-state index contributed by atoms with van der Waals surface area (Å²) in [7, 11) is 2.59. The van der Waals surface area contributed by atoms with Crippen LogP contribution in [-0.2, 0) is 14.8 Å². The van der Waals surface area contributed by atoms with Crippen LogP contribution in [0.5, 0.6) is 17.2 Å². The van der Waals surface area contributed by atoms with Crippen molar-refractivity contribution in [1.29, 1.82) is 0 Å². The van der Waals surface area contributed by atoms with Gasteiger partial charge in [0.25, 0.3) is 0 Å². The highest BCUT2D eigenvalue weighted by atomic mass is 35.7. The zero-order chi connectivity index (χ0) is 14.0. The molecule has 0 saturated carbocycles. The van der Waals surface area contributed by atoms with Gasteiger partial charge in [0, 0.05) is 23.2 Å². The van der Waals surface area contributed by atoms with Gasteiger partial charge in [-0.3, -0.25) is 0 Å². The lowest BCUT2D eigenvalue weighted by molar-refractivity contribution is 0.296. The summed E-state index contributed by atoms with van der Waals surface area (Å²) < 4.78 is 52.0. The molecule has 0 radical (unpaired) electrons. The van der Waals surface area contributed by atoms with Crippen LogP contribution in [0, 0.1) is 5.82 Å². The summed E-state index contributed by atoms with van der Waals surface area (Å²) in [5, 5.41) is 0. The largest absolute Gasteiger partial charge is 0.493 e. The van der Waals surface area contributed by atoms with Crippen molar-refractivity contribution >= 4 is 19.7 Å². The minimum Gasteiger partial charge on any atom is -0.493 e. The van der Waals surface area contributed by atoms with Crippen molar-refractivity contribution < 1.29 is 27.0 Å². The van der Waals surface area contributed by atoms with Crippen molar-refractivity contribution in [3.8, 4) is 17.2 Å². The molecule has 1 aliphatic heterocycles.